The van der Waals surface area contributed by atoms with Gasteiger partial charge in [-0.3, -0.25) is 4.76 Å². The molecule has 1 fully saturated rings. The standard InChI is InChI=1S/C6H12NP/c1-2-6(7-8)5-3-4-5/h5H,2-4,8H2,1H3. The predicted molar refractivity (Wildman–Crippen MR) is 40.2 cm³/mol. The van der Waals surface area contributed by atoms with Crippen LogP contribution in [0.3, 0.4) is 0 Å². The second kappa shape index (κ2) is 2.59. The van der Waals surface area contributed by atoms with Crippen molar-refractivity contribution in [1.29, 1.82) is 0 Å². The summed E-state index contributed by atoms with van der Waals surface area (Å²) in [5.41, 5.74) is 1.38. The Morgan fingerprint density at radius 1 is 1.75 bits per heavy atom. The van der Waals surface area contributed by atoms with Gasteiger partial charge in [0.2, 0.25) is 0 Å². The van der Waals surface area contributed by atoms with Crippen molar-refractivity contribution >= 4 is 15.1 Å². The molecule has 0 amide bonds. The van der Waals surface area contributed by atoms with Crippen LogP contribution in [0.2, 0.25) is 0 Å². The Morgan fingerprint density at radius 2 is 2.38 bits per heavy atom. The molecule has 1 aliphatic rings. The molecule has 8 heavy (non-hydrogen) atoms. The van der Waals surface area contributed by atoms with Crippen molar-refractivity contribution in [3.05, 3.63) is 0 Å². The van der Waals surface area contributed by atoms with Crippen LogP contribution >= 0.6 is 9.39 Å². The highest BCUT2D eigenvalue weighted by Gasteiger charge is 2.25. The molecular weight excluding hydrogens is 117 g/mol. The molecule has 1 nitrogen and oxygen atoms in total. The molecule has 0 aliphatic heterocycles. The van der Waals surface area contributed by atoms with E-state index in [0.717, 1.165) is 12.3 Å². The fourth-order valence-electron chi connectivity index (χ4n) is 0.902. The molecule has 0 bridgehead atoms. The monoisotopic (exact) mass is 129 g/mol. The zero-order valence-corrected chi connectivity index (χ0v) is 6.38. The van der Waals surface area contributed by atoms with Gasteiger partial charge < -0.3 is 0 Å². The van der Waals surface area contributed by atoms with E-state index in [1.54, 1.807) is 0 Å². The highest BCUT2D eigenvalue weighted by atomic mass is 31.0. The zero-order valence-electron chi connectivity index (χ0n) is 5.22. The molecule has 46 valence electrons. The third-order valence-corrected chi connectivity index (χ3v) is 1.91. The second-order valence-electron chi connectivity index (χ2n) is 2.25. The Morgan fingerprint density at radius 3 is 2.50 bits per heavy atom. The lowest BCUT2D eigenvalue weighted by Crippen LogP contribution is -1.95. The number of nitrogens with zero attached hydrogens (tertiary/aromatic N) is 1. The van der Waals surface area contributed by atoms with Crippen LogP contribution in [0, 0.1) is 5.92 Å². The van der Waals surface area contributed by atoms with Gasteiger partial charge in [-0.15, -0.1) is 0 Å². The first-order valence-electron chi connectivity index (χ1n) is 3.15. The molecule has 0 aromatic heterocycles. The lowest BCUT2D eigenvalue weighted by atomic mass is 10.2. The van der Waals surface area contributed by atoms with Crippen LogP contribution in [0.5, 0.6) is 0 Å². The molecule has 0 heterocycles. The third-order valence-electron chi connectivity index (χ3n) is 1.58. The Balaban J connectivity index is 2.37. The van der Waals surface area contributed by atoms with E-state index in [1.807, 2.05) is 0 Å². The average molecular weight is 129 g/mol. The van der Waals surface area contributed by atoms with E-state index in [0.29, 0.717) is 0 Å². The zero-order chi connectivity index (χ0) is 5.98. The maximum absolute atomic E-state index is 4.10. The molecule has 1 rings (SSSR count). The summed E-state index contributed by atoms with van der Waals surface area (Å²) in [5, 5.41) is 0. The molecule has 0 aromatic carbocycles. The topological polar surface area (TPSA) is 12.4 Å². The Kier molecular flexibility index (Phi) is 2.01. The molecule has 0 aromatic rings. The van der Waals surface area contributed by atoms with Gasteiger partial charge in [0.25, 0.3) is 0 Å². The summed E-state index contributed by atoms with van der Waals surface area (Å²) in [4.78, 5) is 0. The van der Waals surface area contributed by atoms with E-state index in [1.165, 1.54) is 18.6 Å². The fourth-order valence-corrected chi connectivity index (χ4v) is 1.30. The van der Waals surface area contributed by atoms with Crippen molar-refractivity contribution in [1.82, 2.24) is 0 Å². The summed E-state index contributed by atoms with van der Waals surface area (Å²) < 4.78 is 4.10. The van der Waals surface area contributed by atoms with Gasteiger partial charge >= 0.3 is 0 Å². The number of rotatable bonds is 2. The molecule has 0 radical (unpaired) electrons. The third kappa shape index (κ3) is 1.29. The number of hydrogen-bond acceptors (Lipinski definition) is 1. The maximum Gasteiger partial charge on any atom is 0.0189 e. The largest absolute Gasteiger partial charge is 0.277 e. The van der Waals surface area contributed by atoms with Gasteiger partial charge in [0.1, 0.15) is 0 Å². The van der Waals surface area contributed by atoms with E-state index in [2.05, 4.69) is 21.1 Å². The first-order valence-corrected chi connectivity index (χ1v) is 3.66. The summed E-state index contributed by atoms with van der Waals surface area (Å²) in [6.45, 7) is 2.17. The SMILES string of the molecule is CCC(=NP)C1CC1. The van der Waals surface area contributed by atoms with Crippen LogP contribution < -0.4 is 0 Å². The molecule has 1 unspecified atom stereocenters. The van der Waals surface area contributed by atoms with Crippen molar-refractivity contribution < 1.29 is 0 Å². The van der Waals surface area contributed by atoms with E-state index in [4.69, 9.17) is 0 Å². The van der Waals surface area contributed by atoms with Crippen LogP contribution in [0.15, 0.2) is 4.76 Å². The summed E-state index contributed by atoms with van der Waals surface area (Å²) in [5.74, 6) is 0.859. The van der Waals surface area contributed by atoms with Crippen LogP contribution in [0.4, 0.5) is 0 Å². The van der Waals surface area contributed by atoms with Gasteiger partial charge in [0.05, 0.1) is 0 Å². The summed E-state index contributed by atoms with van der Waals surface area (Å²) in [6, 6.07) is 0. The summed E-state index contributed by atoms with van der Waals surface area (Å²) in [7, 11) is 2.44. The highest BCUT2D eigenvalue weighted by Crippen LogP contribution is 2.32. The van der Waals surface area contributed by atoms with Gasteiger partial charge in [-0.25, -0.2) is 0 Å². The van der Waals surface area contributed by atoms with E-state index in [-0.39, 0.29) is 0 Å². The minimum atomic E-state index is 0.859. The smallest absolute Gasteiger partial charge is 0.0189 e. The molecular formula is C6H12NP. The minimum Gasteiger partial charge on any atom is -0.277 e. The first kappa shape index (κ1) is 6.22. The van der Waals surface area contributed by atoms with E-state index >= 15 is 0 Å². The van der Waals surface area contributed by atoms with Crippen LogP contribution in [0.1, 0.15) is 26.2 Å². The first-order chi connectivity index (χ1) is 3.88. The predicted octanol–water partition coefficient (Wildman–Crippen LogP) is 2.04. The Bertz CT molecular complexity index is 105. The summed E-state index contributed by atoms with van der Waals surface area (Å²) in [6.07, 6.45) is 3.89. The lowest BCUT2D eigenvalue weighted by Gasteiger charge is -1.94. The molecule has 1 atom stereocenters. The molecule has 0 spiro atoms. The summed E-state index contributed by atoms with van der Waals surface area (Å²) >= 11 is 0. The van der Waals surface area contributed by atoms with Gasteiger partial charge in [-0.1, -0.05) is 6.92 Å². The molecule has 2 heteroatoms. The van der Waals surface area contributed by atoms with E-state index < -0.39 is 0 Å². The lowest BCUT2D eigenvalue weighted by molar-refractivity contribution is 1.10. The fraction of sp³-hybridized carbons (Fsp3) is 0.833. The average Bonchev–Trinajstić information content (AvgIpc) is 2.53. The van der Waals surface area contributed by atoms with Crippen molar-refractivity contribution in [3.63, 3.8) is 0 Å². The van der Waals surface area contributed by atoms with Gasteiger partial charge in [-0.2, -0.15) is 0 Å². The number of hydrogen-bond donors (Lipinski definition) is 0. The van der Waals surface area contributed by atoms with Gasteiger partial charge in [0, 0.05) is 5.71 Å². The molecule has 1 saturated carbocycles. The second-order valence-corrected chi connectivity index (χ2v) is 2.51. The quantitative estimate of drug-likeness (QED) is 0.399. The van der Waals surface area contributed by atoms with Gasteiger partial charge in [-0.05, 0) is 34.6 Å². The van der Waals surface area contributed by atoms with Crippen LogP contribution in [-0.2, 0) is 0 Å². The Hall–Kier alpha value is 0.100. The van der Waals surface area contributed by atoms with Crippen LogP contribution in [-0.4, -0.2) is 5.71 Å². The molecule has 1 aliphatic carbocycles. The molecule has 0 N–H and O–H groups in total. The molecule has 0 saturated heterocycles. The van der Waals surface area contributed by atoms with Gasteiger partial charge in [0.15, 0.2) is 0 Å². The van der Waals surface area contributed by atoms with Crippen molar-refractivity contribution in [2.75, 3.05) is 0 Å². The minimum absolute atomic E-state index is 0.859. The maximum atomic E-state index is 4.10. The normalized spacial score (nSPS) is 21.5. The Labute approximate surface area is 52.8 Å². The highest BCUT2D eigenvalue weighted by molar-refractivity contribution is 7.15. The van der Waals surface area contributed by atoms with Crippen LogP contribution in [0.25, 0.3) is 0 Å². The van der Waals surface area contributed by atoms with Crippen molar-refractivity contribution in [2.24, 2.45) is 10.7 Å². The van der Waals surface area contributed by atoms with Crippen molar-refractivity contribution in [3.8, 4) is 0 Å². The van der Waals surface area contributed by atoms with E-state index in [9.17, 15) is 0 Å². The van der Waals surface area contributed by atoms with Crippen molar-refractivity contribution in [2.45, 2.75) is 26.2 Å².